The first-order chi connectivity index (χ1) is 7.24. The number of hydrogen-bond donors (Lipinski definition) is 2. The van der Waals surface area contributed by atoms with Gasteiger partial charge in [-0.2, -0.15) is 0 Å². The lowest BCUT2D eigenvalue weighted by Crippen LogP contribution is -2.32. The summed E-state index contributed by atoms with van der Waals surface area (Å²) in [5, 5.41) is 2.66. The number of aromatic amines is 1. The van der Waals surface area contributed by atoms with E-state index in [0.717, 1.165) is 30.8 Å². The van der Waals surface area contributed by atoms with Crippen molar-refractivity contribution < 1.29 is 9.53 Å². The molecule has 1 aromatic rings. The van der Waals surface area contributed by atoms with E-state index in [4.69, 9.17) is 4.74 Å². The molecule has 1 heterocycles. The number of nitrogens with zero attached hydrogens (tertiary/aromatic N) is 1. The van der Waals surface area contributed by atoms with Crippen LogP contribution in [0.1, 0.15) is 30.8 Å². The molecule has 0 bridgehead atoms. The predicted molar refractivity (Wildman–Crippen MR) is 54.3 cm³/mol. The molecule has 82 valence electrons. The van der Waals surface area contributed by atoms with Crippen molar-refractivity contribution in [3.8, 4) is 0 Å². The van der Waals surface area contributed by atoms with Crippen molar-refractivity contribution in [2.24, 2.45) is 0 Å². The smallest absolute Gasteiger partial charge is 0.407 e. The van der Waals surface area contributed by atoms with E-state index in [1.165, 1.54) is 0 Å². The Labute approximate surface area is 88.2 Å². The molecular weight excluding hydrogens is 194 g/mol. The summed E-state index contributed by atoms with van der Waals surface area (Å²) in [7, 11) is 0. The largest absolute Gasteiger partial charge is 0.446 e. The lowest BCUT2D eigenvalue weighted by atomic mass is 9.96. The third-order valence-corrected chi connectivity index (χ3v) is 2.48. The highest BCUT2D eigenvalue weighted by molar-refractivity contribution is 5.67. The summed E-state index contributed by atoms with van der Waals surface area (Å²) >= 11 is 0. The monoisotopic (exact) mass is 209 g/mol. The van der Waals surface area contributed by atoms with Gasteiger partial charge in [-0.05, 0) is 26.2 Å². The van der Waals surface area contributed by atoms with E-state index < -0.39 is 0 Å². The number of aromatic nitrogens is 2. The Morgan fingerprint density at radius 1 is 1.73 bits per heavy atom. The zero-order chi connectivity index (χ0) is 10.7. The summed E-state index contributed by atoms with van der Waals surface area (Å²) in [6.07, 6.45) is 4.65. The van der Waals surface area contributed by atoms with Crippen LogP contribution in [0.15, 0.2) is 6.20 Å². The first kappa shape index (κ1) is 10.0. The summed E-state index contributed by atoms with van der Waals surface area (Å²) in [4.78, 5) is 18.4. The van der Waals surface area contributed by atoms with E-state index in [2.05, 4.69) is 15.3 Å². The summed E-state index contributed by atoms with van der Waals surface area (Å²) in [6.45, 7) is 2.31. The van der Waals surface area contributed by atoms with Crippen LogP contribution in [-0.4, -0.2) is 22.2 Å². The minimum absolute atomic E-state index is 0.128. The minimum atomic E-state index is -0.353. The number of H-pyrrole nitrogens is 1. The van der Waals surface area contributed by atoms with Crippen LogP contribution < -0.4 is 5.32 Å². The number of ether oxygens (including phenoxy) is 1. The van der Waals surface area contributed by atoms with Crippen molar-refractivity contribution in [3.05, 3.63) is 17.7 Å². The minimum Gasteiger partial charge on any atom is -0.446 e. The van der Waals surface area contributed by atoms with Crippen molar-refractivity contribution in [2.75, 3.05) is 0 Å². The molecule has 5 nitrogen and oxygen atoms in total. The molecule has 1 fully saturated rings. The molecule has 0 radical (unpaired) electrons. The maximum Gasteiger partial charge on any atom is 0.407 e. The van der Waals surface area contributed by atoms with Gasteiger partial charge in [0.25, 0.3) is 0 Å². The van der Waals surface area contributed by atoms with E-state index in [9.17, 15) is 4.79 Å². The zero-order valence-electron chi connectivity index (χ0n) is 8.75. The van der Waals surface area contributed by atoms with Crippen LogP contribution in [-0.2, 0) is 11.3 Å². The molecule has 0 spiro atoms. The number of nitrogens with one attached hydrogen (secondary N) is 2. The van der Waals surface area contributed by atoms with E-state index in [1.54, 1.807) is 6.20 Å². The summed E-state index contributed by atoms with van der Waals surface area (Å²) < 4.78 is 5.12. The Hall–Kier alpha value is -1.52. The number of hydrogen-bond acceptors (Lipinski definition) is 3. The quantitative estimate of drug-likeness (QED) is 0.792. The molecule has 1 aliphatic carbocycles. The van der Waals surface area contributed by atoms with Crippen LogP contribution in [0.4, 0.5) is 4.79 Å². The highest BCUT2D eigenvalue weighted by Crippen LogP contribution is 2.21. The van der Waals surface area contributed by atoms with Crippen molar-refractivity contribution >= 4 is 6.09 Å². The highest BCUT2D eigenvalue weighted by Gasteiger charge is 2.21. The summed E-state index contributed by atoms with van der Waals surface area (Å²) in [5.41, 5.74) is 0.985. The average molecular weight is 209 g/mol. The maximum absolute atomic E-state index is 11.3. The van der Waals surface area contributed by atoms with Crippen LogP contribution >= 0.6 is 0 Å². The van der Waals surface area contributed by atoms with Crippen LogP contribution in [0.5, 0.6) is 0 Å². The second-order valence-electron chi connectivity index (χ2n) is 3.82. The number of amides is 1. The van der Waals surface area contributed by atoms with E-state index in [0.29, 0.717) is 6.54 Å². The lowest BCUT2D eigenvalue weighted by molar-refractivity contribution is 0.0521. The Kier molecular flexibility index (Phi) is 2.89. The van der Waals surface area contributed by atoms with E-state index >= 15 is 0 Å². The molecule has 0 aliphatic heterocycles. The van der Waals surface area contributed by atoms with Gasteiger partial charge in [0.05, 0.1) is 6.54 Å². The SMILES string of the molecule is Cc1cnc(CNC(=O)OC2CCC2)[nH]1. The fourth-order valence-corrected chi connectivity index (χ4v) is 1.39. The summed E-state index contributed by atoms with van der Waals surface area (Å²) in [5.74, 6) is 0.748. The number of aryl methyl sites for hydroxylation is 1. The molecule has 15 heavy (non-hydrogen) atoms. The van der Waals surface area contributed by atoms with Gasteiger partial charge in [-0.25, -0.2) is 9.78 Å². The van der Waals surface area contributed by atoms with Crippen molar-refractivity contribution in [2.45, 2.75) is 38.8 Å². The average Bonchev–Trinajstić information content (AvgIpc) is 2.55. The standard InChI is InChI=1S/C10H15N3O2/c1-7-5-11-9(13-7)6-12-10(14)15-8-3-2-4-8/h5,8H,2-4,6H2,1H3,(H,11,13)(H,12,14). The molecule has 0 saturated heterocycles. The van der Waals surface area contributed by atoms with Gasteiger partial charge in [0, 0.05) is 11.9 Å². The second-order valence-corrected chi connectivity index (χ2v) is 3.82. The molecule has 2 rings (SSSR count). The predicted octanol–water partition coefficient (Wildman–Crippen LogP) is 1.50. The molecule has 0 atom stereocenters. The van der Waals surface area contributed by atoms with Gasteiger partial charge in [-0.3, -0.25) is 0 Å². The van der Waals surface area contributed by atoms with Crippen molar-refractivity contribution in [3.63, 3.8) is 0 Å². The van der Waals surface area contributed by atoms with Gasteiger partial charge in [0.15, 0.2) is 0 Å². The first-order valence-electron chi connectivity index (χ1n) is 5.19. The fraction of sp³-hybridized carbons (Fsp3) is 0.600. The van der Waals surface area contributed by atoms with Crippen LogP contribution in [0.2, 0.25) is 0 Å². The van der Waals surface area contributed by atoms with Gasteiger partial charge in [-0.15, -0.1) is 0 Å². The Morgan fingerprint density at radius 3 is 3.07 bits per heavy atom. The molecule has 2 N–H and O–H groups in total. The molecule has 0 unspecified atom stereocenters. The van der Waals surface area contributed by atoms with Crippen molar-refractivity contribution in [1.82, 2.24) is 15.3 Å². The van der Waals surface area contributed by atoms with Crippen LogP contribution in [0.25, 0.3) is 0 Å². The molecule has 0 aromatic carbocycles. The van der Waals surface area contributed by atoms with Gasteiger partial charge in [0.1, 0.15) is 11.9 Å². The highest BCUT2D eigenvalue weighted by atomic mass is 16.6. The maximum atomic E-state index is 11.3. The lowest BCUT2D eigenvalue weighted by Gasteiger charge is -2.24. The molecular formula is C10H15N3O2. The Bertz CT molecular complexity index is 344. The zero-order valence-corrected chi connectivity index (χ0v) is 8.75. The van der Waals surface area contributed by atoms with Crippen molar-refractivity contribution in [1.29, 1.82) is 0 Å². The molecule has 1 amide bonds. The number of carbonyl (C=O) groups is 1. The van der Waals surface area contributed by atoms with Crippen LogP contribution in [0, 0.1) is 6.92 Å². The molecule has 1 saturated carbocycles. The van der Waals surface area contributed by atoms with Crippen LogP contribution in [0.3, 0.4) is 0 Å². The summed E-state index contributed by atoms with van der Waals surface area (Å²) in [6, 6.07) is 0. The number of carbonyl (C=O) groups excluding carboxylic acids is 1. The van der Waals surface area contributed by atoms with Gasteiger partial charge >= 0.3 is 6.09 Å². The molecule has 5 heteroatoms. The Balaban J connectivity index is 1.70. The van der Waals surface area contributed by atoms with Gasteiger partial charge in [0.2, 0.25) is 0 Å². The number of imidazole rings is 1. The third kappa shape index (κ3) is 2.71. The number of rotatable bonds is 3. The molecule has 1 aliphatic rings. The third-order valence-electron chi connectivity index (χ3n) is 2.48. The van der Waals surface area contributed by atoms with Gasteiger partial charge in [-0.1, -0.05) is 0 Å². The Morgan fingerprint density at radius 2 is 2.53 bits per heavy atom. The first-order valence-corrected chi connectivity index (χ1v) is 5.19. The fourth-order valence-electron chi connectivity index (χ4n) is 1.39. The molecule has 1 aromatic heterocycles. The second kappa shape index (κ2) is 4.33. The topological polar surface area (TPSA) is 67.0 Å². The van der Waals surface area contributed by atoms with E-state index in [-0.39, 0.29) is 12.2 Å². The normalized spacial score (nSPS) is 15.8. The number of alkyl carbamates (subject to hydrolysis) is 1. The van der Waals surface area contributed by atoms with Gasteiger partial charge < -0.3 is 15.0 Å². The van der Waals surface area contributed by atoms with E-state index in [1.807, 2.05) is 6.92 Å².